The Bertz CT molecular complexity index is 510. The van der Waals surface area contributed by atoms with Crippen molar-refractivity contribution in [3.63, 3.8) is 0 Å². The summed E-state index contributed by atoms with van der Waals surface area (Å²) in [6.45, 7) is 0. The molecule has 0 saturated carbocycles. The van der Waals surface area contributed by atoms with E-state index in [-0.39, 0.29) is 5.56 Å². The van der Waals surface area contributed by atoms with Crippen molar-refractivity contribution in [1.29, 1.82) is 0 Å². The highest BCUT2D eigenvalue weighted by Crippen LogP contribution is 2.21. The summed E-state index contributed by atoms with van der Waals surface area (Å²) < 4.78 is 5.05. The molecule has 0 amide bonds. The summed E-state index contributed by atoms with van der Waals surface area (Å²) in [7, 11) is 0. The van der Waals surface area contributed by atoms with Crippen LogP contribution in [0.25, 0.3) is 11.0 Å². The van der Waals surface area contributed by atoms with Gasteiger partial charge in [-0.1, -0.05) is 0 Å². The first-order valence-corrected chi connectivity index (χ1v) is 3.92. The highest BCUT2D eigenvalue weighted by molar-refractivity contribution is 6.00. The van der Waals surface area contributed by atoms with Crippen molar-refractivity contribution in [1.82, 2.24) is 0 Å². The van der Waals surface area contributed by atoms with Crippen molar-refractivity contribution in [2.45, 2.75) is 0 Å². The smallest absolute Gasteiger partial charge is 0.335 e. The first kappa shape index (κ1) is 8.50. The van der Waals surface area contributed by atoms with Crippen molar-refractivity contribution in [3.8, 4) is 0 Å². The molecule has 0 saturated heterocycles. The van der Waals surface area contributed by atoms with Crippen molar-refractivity contribution in [3.05, 3.63) is 35.6 Å². The first-order chi connectivity index (χ1) is 6.72. The van der Waals surface area contributed by atoms with Crippen LogP contribution in [0.15, 0.2) is 28.9 Å². The van der Waals surface area contributed by atoms with Crippen LogP contribution in [0.4, 0.5) is 0 Å². The number of hydrogen-bond donors (Lipinski definition) is 1. The quantitative estimate of drug-likeness (QED) is 0.735. The predicted molar refractivity (Wildman–Crippen MR) is 48.6 cm³/mol. The molecule has 1 aromatic carbocycles. The molecular weight excluding hydrogens is 184 g/mol. The topological polar surface area (TPSA) is 67.5 Å². The number of benzene rings is 1. The van der Waals surface area contributed by atoms with E-state index in [0.717, 1.165) is 0 Å². The lowest BCUT2D eigenvalue weighted by atomic mass is 10.1. The number of furan rings is 1. The molecule has 1 heterocycles. The van der Waals surface area contributed by atoms with E-state index in [2.05, 4.69) is 0 Å². The second-order valence-corrected chi connectivity index (χ2v) is 2.82. The van der Waals surface area contributed by atoms with Crippen LogP contribution in [0.2, 0.25) is 0 Å². The lowest BCUT2D eigenvalue weighted by molar-refractivity contribution is 0.0697. The van der Waals surface area contributed by atoms with Gasteiger partial charge in [-0.25, -0.2) is 4.79 Å². The van der Waals surface area contributed by atoms with E-state index < -0.39 is 5.97 Å². The maximum Gasteiger partial charge on any atom is 0.335 e. The Kier molecular flexibility index (Phi) is 1.81. The standard InChI is InChI=1S/C10H6O4/c11-4-7-5-14-9-2-1-6(10(12)13)3-8(7)9/h1-5H,(H,12,13). The van der Waals surface area contributed by atoms with Crippen LogP contribution >= 0.6 is 0 Å². The highest BCUT2D eigenvalue weighted by atomic mass is 16.4. The number of rotatable bonds is 2. The SMILES string of the molecule is O=Cc1coc2ccc(C(=O)O)cc12. The van der Waals surface area contributed by atoms with Crippen LogP contribution in [0.5, 0.6) is 0 Å². The summed E-state index contributed by atoms with van der Waals surface area (Å²) in [4.78, 5) is 21.2. The molecule has 0 spiro atoms. The molecule has 0 aliphatic carbocycles. The van der Waals surface area contributed by atoms with Gasteiger partial charge in [0, 0.05) is 5.39 Å². The summed E-state index contributed by atoms with van der Waals surface area (Å²) in [6, 6.07) is 4.39. The minimum Gasteiger partial charge on any atom is -0.478 e. The highest BCUT2D eigenvalue weighted by Gasteiger charge is 2.08. The van der Waals surface area contributed by atoms with E-state index >= 15 is 0 Å². The van der Waals surface area contributed by atoms with Gasteiger partial charge in [0.15, 0.2) is 6.29 Å². The Hall–Kier alpha value is -2.10. The summed E-state index contributed by atoms with van der Waals surface area (Å²) in [5.41, 5.74) is 1.02. The van der Waals surface area contributed by atoms with Crippen molar-refractivity contribution in [2.24, 2.45) is 0 Å². The number of hydrogen-bond acceptors (Lipinski definition) is 3. The Morgan fingerprint density at radius 2 is 2.21 bits per heavy atom. The molecule has 70 valence electrons. The Balaban J connectivity index is 2.73. The van der Waals surface area contributed by atoms with Gasteiger partial charge in [0.05, 0.1) is 11.1 Å². The van der Waals surface area contributed by atoms with Gasteiger partial charge in [0.1, 0.15) is 11.8 Å². The largest absolute Gasteiger partial charge is 0.478 e. The average molecular weight is 190 g/mol. The van der Waals surface area contributed by atoms with E-state index in [0.29, 0.717) is 22.8 Å². The zero-order valence-corrected chi connectivity index (χ0v) is 7.06. The fourth-order valence-corrected chi connectivity index (χ4v) is 1.27. The number of fused-ring (bicyclic) bond motifs is 1. The minimum absolute atomic E-state index is 0.141. The number of carbonyl (C=O) groups is 2. The molecule has 0 fully saturated rings. The van der Waals surface area contributed by atoms with Gasteiger partial charge in [0.25, 0.3) is 0 Å². The molecule has 2 aromatic rings. The number of aldehydes is 1. The number of carboxylic acids is 1. The summed E-state index contributed by atoms with van der Waals surface area (Å²) in [6.07, 6.45) is 1.95. The lowest BCUT2D eigenvalue weighted by Crippen LogP contribution is -1.94. The van der Waals surface area contributed by atoms with Crippen LogP contribution in [-0.4, -0.2) is 17.4 Å². The fraction of sp³-hybridized carbons (Fsp3) is 0. The maximum atomic E-state index is 10.6. The average Bonchev–Trinajstić information content (AvgIpc) is 2.59. The van der Waals surface area contributed by atoms with Crippen LogP contribution in [0.1, 0.15) is 20.7 Å². The normalized spacial score (nSPS) is 10.3. The number of aromatic carboxylic acids is 1. The molecule has 2 rings (SSSR count). The van der Waals surface area contributed by atoms with Crippen LogP contribution in [0, 0.1) is 0 Å². The molecule has 1 N–H and O–H groups in total. The van der Waals surface area contributed by atoms with Gasteiger partial charge in [-0.2, -0.15) is 0 Å². The van der Waals surface area contributed by atoms with Gasteiger partial charge >= 0.3 is 5.97 Å². The molecule has 14 heavy (non-hydrogen) atoms. The third-order valence-corrected chi connectivity index (χ3v) is 1.98. The molecule has 1 aromatic heterocycles. The number of carbonyl (C=O) groups excluding carboxylic acids is 1. The van der Waals surface area contributed by atoms with Gasteiger partial charge in [0.2, 0.25) is 0 Å². The van der Waals surface area contributed by atoms with Crippen molar-refractivity contribution >= 4 is 23.2 Å². The van der Waals surface area contributed by atoms with E-state index in [4.69, 9.17) is 9.52 Å². The molecule has 0 unspecified atom stereocenters. The molecule has 4 nitrogen and oxygen atoms in total. The molecule has 0 aliphatic heterocycles. The van der Waals surface area contributed by atoms with E-state index in [1.165, 1.54) is 24.5 Å². The first-order valence-electron chi connectivity index (χ1n) is 3.92. The lowest BCUT2D eigenvalue weighted by Gasteiger charge is -1.93. The zero-order chi connectivity index (χ0) is 10.1. The summed E-state index contributed by atoms with van der Waals surface area (Å²) >= 11 is 0. The van der Waals surface area contributed by atoms with E-state index in [9.17, 15) is 9.59 Å². The van der Waals surface area contributed by atoms with Crippen molar-refractivity contribution < 1.29 is 19.1 Å². The van der Waals surface area contributed by atoms with E-state index in [1.807, 2.05) is 0 Å². The maximum absolute atomic E-state index is 10.6. The molecule has 0 radical (unpaired) electrons. The number of carboxylic acid groups (broad SMARTS) is 1. The van der Waals surface area contributed by atoms with Gasteiger partial charge < -0.3 is 9.52 Å². The third kappa shape index (κ3) is 1.17. The van der Waals surface area contributed by atoms with E-state index in [1.54, 1.807) is 0 Å². The predicted octanol–water partition coefficient (Wildman–Crippen LogP) is 1.94. The molecule has 4 heteroatoms. The van der Waals surface area contributed by atoms with Crippen molar-refractivity contribution in [2.75, 3.05) is 0 Å². The second kappa shape index (κ2) is 2.99. The fourth-order valence-electron chi connectivity index (χ4n) is 1.27. The summed E-state index contributed by atoms with van der Waals surface area (Å²) in [5.74, 6) is -1.02. The Labute approximate surface area is 78.8 Å². The Morgan fingerprint density at radius 3 is 2.86 bits per heavy atom. The van der Waals surface area contributed by atoms with Gasteiger partial charge in [-0.05, 0) is 18.2 Å². The van der Waals surface area contributed by atoms with Crippen LogP contribution in [0.3, 0.4) is 0 Å². The zero-order valence-electron chi connectivity index (χ0n) is 7.06. The molecule has 0 aliphatic rings. The molecular formula is C10H6O4. The van der Waals surface area contributed by atoms with Gasteiger partial charge in [-0.3, -0.25) is 4.79 Å². The second-order valence-electron chi connectivity index (χ2n) is 2.82. The summed E-state index contributed by atoms with van der Waals surface area (Å²) in [5, 5.41) is 9.25. The monoisotopic (exact) mass is 190 g/mol. The van der Waals surface area contributed by atoms with Crippen LogP contribution < -0.4 is 0 Å². The Morgan fingerprint density at radius 1 is 1.43 bits per heavy atom. The molecule has 0 bridgehead atoms. The molecule has 0 atom stereocenters. The third-order valence-electron chi connectivity index (χ3n) is 1.98. The minimum atomic E-state index is -1.02. The van der Waals surface area contributed by atoms with Crippen LogP contribution in [-0.2, 0) is 0 Å². The van der Waals surface area contributed by atoms with Gasteiger partial charge in [-0.15, -0.1) is 0 Å².